The van der Waals surface area contributed by atoms with Crippen LogP contribution in [0.3, 0.4) is 0 Å². The summed E-state index contributed by atoms with van der Waals surface area (Å²) in [4.78, 5) is 6.95. The monoisotopic (exact) mass is 619 g/mol. The molecule has 41 heavy (non-hydrogen) atoms. The zero-order valence-corrected chi connectivity index (χ0v) is 25.1. The second-order valence-corrected chi connectivity index (χ2v) is 13.4. The molecule has 0 spiro atoms. The summed E-state index contributed by atoms with van der Waals surface area (Å²) in [5, 5.41) is 0.609. The van der Waals surface area contributed by atoms with Gasteiger partial charge in [-0.05, 0) is 69.1 Å². The van der Waals surface area contributed by atoms with Crippen molar-refractivity contribution in [1.82, 2.24) is 9.88 Å². The molecule has 2 aromatic carbocycles. The molecule has 1 saturated heterocycles. The van der Waals surface area contributed by atoms with E-state index in [9.17, 15) is 8.42 Å². The number of piperidine rings is 1. The quantitative estimate of drug-likeness (QED) is 0.176. The second kappa shape index (κ2) is 12.8. The molecular formula is C29H31ClFN3O5S2. The lowest BCUT2D eigenvalue weighted by Gasteiger charge is -2.33. The van der Waals surface area contributed by atoms with Crippen LogP contribution in [0, 0.1) is 5.82 Å². The standard InChI is InChI=1S/C29H31ClFN3O5S2/c1-19-6-3-4-13-34(19)14-5-15-38-27-18-23-21(17-26(27)37-2)24(11-12-32-23)39-25-8-7-20(16-22(25)31)33-41(35,36)29-10-9-28(30)40-29/h7-12,16-19,33H,3-6,13-15H2,1-2H3. The zero-order chi connectivity index (χ0) is 29.0. The summed E-state index contributed by atoms with van der Waals surface area (Å²) in [7, 11) is -2.34. The maximum Gasteiger partial charge on any atom is 0.271 e. The third-order valence-electron chi connectivity index (χ3n) is 6.99. The number of likely N-dealkylation sites (tertiary alicyclic amines) is 1. The fourth-order valence-electron chi connectivity index (χ4n) is 4.84. The van der Waals surface area contributed by atoms with Gasteiger partial charge in [-0.15, -0.1) is 11.3 Å². The van der Waals surface area contributed by atoms with Gasteiger partial charge in [0.2, 0.25) is 0 Å². The van der Waals surface area contributed by atoms with Gasteiger partial charge in [0, 0.05) is 36.3 Å². The number of methoxy groups -OCH3 is 1. The van der Waals surface area contributed by atoms with Crippen molar-refractivity contribution >= 4 is 49.6 Å². The van der Waals surface area contributed by atoms with Gasteiger partial charge in [0.25, 0.3) is 10.0 Å². The average Bonchev–Trinajstić information content (AvgIpc) is 3.40. The maximum atomic E-state index is 15.0. The summed E-state index contributed by atoms with van der Waals surface area (Å²) in [6.07, 6.45) is 6.25. The number of aromatic nitrogens is 1. The molecule has 3 heterocycles. The van der Waals surface area contributed by atoms with E-state index in [1.165, 1.54) is 43.5 Å². The number of nitrogens with one attached hydrogen (secondary N) is 1. The number of nitrogens with zero attached hydrogens (tertiary/aromatic N) is 2. The molecule has 5 rings (SSSR count). The summed E-state index contributed by atoms with van der Waals surface area (Å²) in [6.45, 7) is 4.95. The van der Waals surface area contributed by atoms with Gasteiger partial charge in [0.15, 0.2) is 23.1 Å². The van der Waals surface area contributed by atoms with Crippen molar-refractivity contribution < 1.29 is 27.0 Å². The van der Waals surface area contributed by atoms with E-state index < -0.39 is 15.8 Å². The Morgan fingerprint density at radius 3 is 2.68 bits per heavy atom. The predicted molar refractivity (Wildman–Crippen MR) is 160 cm³/mol. The van der Waals surface area contributed by atoms with Gasteiger partial charge in [-0.1, -0.05) is 18.0 Å². The van der Waals surface area contributed by atoms with Crippen LogP contribution in [0.1, 0.15) is 32.6 Å². The van der Waals surface area contributed by atoms with Crippen LogP contribution in [-0.2, 0) is 10.0 Å². The minimum atomic E-state index is -3.90. The van der Waals surface area contributed by atoms with E-state index in [-0.39, 0.29) is 15.6 Å². The van der Waals surface area contributed by atoms with E-state index in [0.29, 0.717) is 45.1 Å². The van der Waals surface area contributed by atoms with Gasteiger partial charge < -0.3 is 19.1 Å². The average molecular weight is 620 g/mol. The molecule has 2 aromatic heterocycles. The highest BCUT2D eigenvalue weighted by molar-refractivity contribution is 7.94. The molecule has 0 amide bonds. The Morgan fingerprint density at radius 1 is 1.10 bits per heavy atom. The van der Waals surface area contributed by atoms with Gasteiger partial charge in [-0.3, -0.25) is 9.71 Å². The Bertz CT molecular complexity index is 1630. The molecular weight excluding hydrogens is 589 g/mol. The molecule has 1 aliphatic heterocycles. The van der Waals surface area contributed by atoms with Crippen LogP contribution in [0.4, 0.5) is 10.1 Å². The van der Waals surface area contributed by atoms with Gasteiger partial charge in [-0.2, -0.15) is 0 Å². The molecule has 1 fully saturated rings. The minimum Gasteiger partial charge on any atom is -0.493 e. The largest absolute Gasteiger partial charge is 0.493 e. The molecule has 0 radical (unpaired) electrons. The number of anilines is 1. The Hall–Kier alpha value is -3.12. The van der Waals surface area contributed by atoms with E-state index in [0.717, 1.165) is 36.9 Å². The first kappa shape index (κ1) is 29.4. The zero-order valence-electron chi connectivity index (χ0n) is 22.7. The van der Waals surface area contributed by atoms with E-state index in [1.54, 1.807) is 31.5 Å². The molecule has 12 heteroatoms. The Morgan fingerprint density at radius 2 is 1.95 bits per heavy atom. The molecule has 218 valence electrons. The summed E-state index contributed by atoms with van der Waals surface area (Å²) in [5.41, 5.74) is 0.652. The molecule has 0 saturated carbocycles. The first-order valence-corrected chi connectivity index (χ1v) is 16.0. The number of benzene rings is 2. The number of pyridine rings is 1. The lowest BCUT2D eigenvalue weighted by Crippen LogP contribution is -2.38. The molecule has 0 bridgehead atoms. The first-order valence-electron chi connectivity index (χ1n) is 13.3. The summed E-state index contributed by atoms with van der Waals surface area (Å²) in [5.74, 6) is 0.631. The lowest BCUT2D eigenvalue weighted by molar-refractivity contribution is 0.148. The maximum absolute atomic E-state index is 15.0. The van der Waals surface area contributed by atoms with Gasteiger partial charge in [0.1, 0.15) is 9.96 Å². The smallest absolute Gasteiger partial charge is 0.271 e. The minimum absolute atomic E-state index is 0.0281. The van der Waals surface area contributed by atoms with E-state index in [4.69, 9.17) is 25.8 Å². The number of hydrogen-bond donors (Lipinski definition) is 1. The third-order valence-corrected chi connectivity index (χ3v) is 10.1. The normalized spacial score (nSPS) is 16.0. The van der Waals surface area contributed by atoms with Crippen LogP contribution < -0.4 is 18.9 Å². The fraction of sp³-hybridized carbons (Fsp3) is 0.345. The van der Waals surface area contributed by atoms with Crippen LogP contribution in [-0.4, -0.2) is 51.1 Å². The highest BCUT2D eigenvalue weighted by Gasteiger charge is 2.20. The van der Waals surface area contributed by atoms with Crippen molar-refractivity contribution in [3.8, 4) is 23.0 Å². The van der Waals surface area contributed by atoms with E-state index in [1.807, 2.05) is 0 Å². The number of hydrogen-bond acceptors (Lipinski definition) is 8. The first-order chi connectivity index (χ1) is 19.7. The van der Waals surface area contributed by atoms with Crippen molar-refractivity contribution in [2.24, 2.45) is 0 Å². The van der Waals surface area contributed by atoms with Crippen molar-refractivity contribution in [3.63, 3.8) is 0 Å². The molecule has 8 nitrogen and oxygen atoms in total. The Kier molecular flexibility index (Phi) is 9.18. The van der Waals surface area contributed by atoms with Crippen molar-refractivity contribution in [2.45, 2.75) is 42.9 Å². The summed E-state index contributed by atoms with van der Waals surface area (Å²) < 4.78 is 60.4. The van der Waals surface area contributed by atoms with Crippen molar-refractivity contribution in [1.29, 1.82) is 0 Å². The lowest BCUT2D eigenvalue weighted by atomic mass is 10.0. The van der Waals surface area contributed by atoms with Gasteiger partial charge in [0.05, 0.1) is 29.3 Å². The highest BCUT2D eigenvalue weighted by atomic mass is 35.5. The topological polar surface area (TPSA) is 90.0 Å². The number of sulfonamides is 1. The van der Waals surface area contributed by atoms with E-state index >= 15 is 4.39 Å². The third kappa shape index (κ3) is 7.03. The number of halogens is 2. The van der Waals surface area contributed by atoms with Crippen molar-refractivity contribution in [2.75, 3.05) is 31.5 Å². The molecule has 1 aliphatic rings. The van der Waals surface area contributed by atoms with Crippen LogP contribution in [0.5, 0.6) is 23.0 Å². The Balaban J connectivity index is 1.29. The molecule has 1 atom stereocenters. The van der Waals surface area contributed by atoms with Crippen LogP contribution in [0.15, 0.2) is 58.9 Å². The fourth-order valence-corrected chi connectivity index (χ4v) is 7.37. The number of rotatable bonds is 11. The number of ether oxygens (including phenoxy) is 3. The molecule has 0 aliphatic carbocycles. The number of thiophene rings is 1. The van der Waals surface area contributed by atoms with Crippen LogP contribution in [0.25, 0.3) is 10.9 Å². The molecule has 1 N–H and O–H groups in total. The summed E-state index contributed by atoms with van der Waals surface area (Å²) >= 11 is 6.76. The van der Waals surface area contributed by atoms with Crippen LogP contribution >= 0.6 is 22.9 Å². The number of fused-ring (bicyclic) bond motifs is 1. The SMILES string of the molecule is COc1cc2c(Oc3ccc(NS(=O)(=O)c4ccc(Cl)s4)cc3F)ccnc2cc1OCCCN1CCCCC1C. The Labute approximate surface area is 248 Å². The highest BCUT2D eigenvalue weighted by Crippen LogP contribution is 2.38. The van der Waals surface area contributed by atoms with Gasteiger partial charge >= 0.3 is 0 Å². The molecule has 4 aromatic rings. The van der Waals surface area contributed by atoms with Gasteiger partial charge in [-0.25, -0.2) is 12.8 Å². The second-order valence-electron chi connectivity index (χ2n) is 9.82. The van der Waals surface area contributed by atoms with Crippen LogP contribution in [0.2, 0.25) is 4.34 Å². The van der Waals surface area contributed by atoms with Crippen molar-refractivity contribution in [3.05, 3.63) is 64.9 Å². The van der Waals surface area contributed by atoms with E-state index in [2.05, 4.69) is 21.5 Å². The predicted octanol–water partition coefficient (Wildman–Crippen LogP) is 7.33. The summed E-state index contributed by atoms with van der Waals surface area (Å²) in [6, 6.07) is 12.5. The molecule has 1 unspecified atom stereocenters.